The first kappa shape index (κ1) is 24.3. The predicted octanol–water partition coefficient (Wildman–Crippen LogP) is 6.02. The number of aliphatic hydroxyl groups is 1. The molecule has 0 aliphatic carbocycles. The Morgan fingerprint density at radius 1 is 1.22 bits per heavy atom. The zero-order valence-corrected chi connectivity index (χ0v) is 17.3. The fourth-order valence-corrected chi connectivity index (χ4v) is 1.94. The summed E-state index contributed by atoms with van der Waals surface area (Å²) in [5, 5.41) is 9.27. The molecule has 0 saturated heterocycles. The van der Waals surface area contributed by atoms with Crippen molar-refractivity contribution in [3.8, 4) is 24.2 Å². The van der Waals surface area contributed by atoms with Crippen molar-refractivity contribution >= 4 is 0 Å². The van der Waals surface area contributed by atoms with Crippen LogP contribution in [0.4, 0.5) is 0 Å². The highest BCUT2D eigenvalue weighted by Crippen LogP contribution is 2.11. The molecule has 1 aromatic rings. The van der Waals surface area contributed by atoms with Gasteiger partial charge in [-0.15, -0.1) is 12.3 Å². The largest absolute Gasteiger partial charge is 0.389 e. The number of hydrogen-bond acceptors (Lipinski definition) is 1. The van der Waals surface area contributed by atoms with Crippen LogP contribution < -0.4 is 0 Å². The van der Waals surface area contributed by atoms with Crippen molar-refractivity contribution in [3.63, 3.8) is 0 Å². The molecule has 0 bridgehead atoms. The fraction of sp³-hybridized carbons (Fsp3) is 0.308. The third-order valence-corrected chi connectivity index (χ3v) is 3.73. The van der Waals surface area contributed by atoms with Crippen molar-refractivity contribution in [3.05, 3.63) is 83.0 Å². The smallest absolute Gasteiger partial charge is 0.0696 e. The summed E-state index contributed by atoms with van der Waals surface area (Å²) in [6, 6.07) is 8.40. The van der Waals surface area contributed by atoms with E-state index in [9.17, 15) is 5.11 Å². The van der Waals surface area contributed by atoms with Crippen molar-refractivity contribution < 1.29 is 5.11 Å². The zero-order chi connectivity index (χ0) is 20.7. The van der Waals surface area contributed by atoms with E-state index >= 15 is 0 Å². The van der Waals surface area contributed by atoms with Crippen LogP contribution in [0.2, 0.25) is 0 Å². The average Bonchev–Trinajstić information content (AvgIpc) is 2.67. The Hall–Kier alpha value is -2.74. The van der Waals surface area contributed by atoms with E-state index in [0.29, 0.717) is 0 Å². The number of allylic oxidation sites excluding steroid dienone is 6. The highest BCUT2D eigenvalue weighted by Gasteiger charge is 1.94. The molecule has 0 aliphatic heterocycles. The van der Waals surface area contributed by atoms with E-state index in [2.05, 4.69) is 68.9 Å². The van der Waals surface area contributed by atoms with Crippen LogP contribution in [0.5, 0.6) is 0 Å². The Morgan fingerprint density at radius 3 is 2.30 bits per heavy atom. The van der Waals surface area contributed by atoms with Crippen LogP contribution in [0.25, 0.3) is 0 Å². The van der Waals surface area contributed by atoms with Gasteiger partial charge in [0.2, 0.25) is 0 Å². The van der Waals surface area contributed by atoms with E-state index in [-0.39, 0.29) is 0 Å². The standard InChI is InChI=1S/C23H28O.C3H4/c1-6-21(11-9-19(4)18(3)8-10-20(5)24)12-15-23-16-13-22(7-2)14-17-23;1-3-2/h8-11,13-14,16-17,20,24H,3,6-7H2,1-2,4-5H3;1H,2H3/b10-8-,19-9+,21-11+;. The van der Waals surface area contributed by atoms with Crippen LogP contribution in [0, 0.1) is 24.2 Å². The normalized spacial score (nSPS) is 12.3. The van der Waals surface area contributed by atoms with Gasteiger partial charge in [0.1, 0.15) is 0 Å². The molecule has 1 aromatic carbocycles. The number of benzene rings is 1. The molecular formula is C26H32O. The summed E-state index contributed by atoms with van der Waals surface area (Å²) in [4.78, 5) is 0. The highest BCUT2D eigenvalue weighted by atomic mass is 16.3. The van der Waals surface area contributed by atoms with Gasteiger partial charge in [0.25, 0.3) is 0 Å². The van der Waals surface area contributed by atoms with E-state index in [1.165, 1.54) is 5.56 Å². The lowest BCUT2D eigenvalue weighted by Crippen LogP contribution is -1.92. The fourth-order valence-electron chi connectivity index (χ4n) is 1.94. The lowest BCUT2D eigenvalue weighted by atomic mass is 10.1. The quantitative estimate of drug-likeness (QED) is 0.486. The summed E-state index contributed by atoms with van der Waals surface area (Å²) >= 11 is 0. The van der Waals surface area contributed by atoms with Crippen molar-refractivity contribution in [2.45, 2.75) is 53.6 Å². The van der Waals surface area contributed by atoms with Crippen LogP contribution in [-0.4, -0.2) is 11.2 Å². The second-order valence-corrected chi connectivity index (χ2v) is 6.11. The molecule has 1 rings (SSSR count). The van der Waals surface area contributed by atoms with E-state index in [1.807, 2.05) is 25.2 Å². The highest BCUT2D eigenvalue weighted by molar-refractivity contribution is 5.44. The maximum atomic E-state index is 9.27. The minimum Gasteiger partial charge on any atom is -0.389 e. The van der Waals surface area contributed by atoms with Gasteiger partial charge in [-0.25, -0.2) is 0 Å². The van der Waals surface area contributed by atoms with Gasteiger partial charge in [0, 0.05) is 11.1 Å². The van der Waals surface area contributed by atoms with Crippen LogP contribution in [-0.2, 0) is 6.42 Å². The monoisotopic (exact) mass is 360 g/mol. The molecule has 1 heteroatoms. The topological polar surface area (TPSA) is 20.2 Å². The average molecular weight is 361 g/mol. The molecule has 0 fully saturated rings. The minimum absolute atomic E-state index is 0.457. The molecule has 1 N–H and O–H groups in total. The minimum atomic E-state index is -0.457. The molecule has 0 heterocycles. The molecule has 0 amide bonds. The van der Waals surface area contributed by atoms with E-state index in [0.717, 1.165) is 35.1 Å². The van der Waals surface area contributed by atoms with E-state index in [1.54, 1.807) is 19.9 Å². The van der Waals surface area contributed by atoms with Gasteiger partial charge in [-0.3, -0.25) is 0 Å². The van der Waals surface area contributed by atoms with Gasteiger partial charge in [-0.2, -0.15) is 0 Å². The van der Waals surface area contributed by atoms with Crippen molar-refractivity contribution in [2.75, 3.05) is 0 Å². The van der Waals surface area contributed by atoms with E-state index < -0.39 is 6.10 Å². The number of aliphatic hydroxyl groups excluding tert-OH is 1. The maximum absolute atomic E-state index is 9.27. The molecule has 27 heavy (non-hydrogen) atoms. The summed E-state index contributed by atoms with van der Waals surface area (Å²) in [6.07, 6.45) is 13.7. The third kappa shape index (κ3) is 11.5. The first-order valence-electron chi connectivity index (χ1n) is 9.29. The second-order valence-electron chi connectivity index (χ2n) is 6.11. The van der Waals surface area contributed by atoms with Gasteiger partial charge in [-0.05, 0) is 62.5 Å². The van der Waals surface area contributed by atoms with Crippen LogP contribution in [0.3, 0.4) is 0 Å². The third-order valence-electron chi connectivity index (χ3n) is 3.73. The van der Waals surface area contributed by atoms with Gasteiger partial charge in [0.05, 0.1) is 6.10 Å². The molecule has 1 atom stereocenters. The summed E-state index contributed by atoms with van der Waals surface area (Å²) in [5.74, 6) is 8.72. The summed E-state index contributed by atoms with van der Waals surface area (Å²) in [6.45, 7) is 13.6. The van der Waals surface area contributed by atoms with Crippen molar-refractivity contribution in [1.82, 2.24) is 0 Å². The van der Waals surface area contributed by atoms with Crippen molar-refractivity contribution in [2.24, 2.45) is 0 Å². The first-order chi connectivity index (χ1) is 12.9. The van der Waals surface area contributed by atoms with Gasteiger partial charge >= 0.3 is 0 Å². The predicted molar refractivity (Wildman–Crippen MR) is 119 cm³/mol. The number of aryl methyl sites for hydroxylation is 1. The number of rotatable bonds is 6. The van der Waals surface area contributed by atoms with Crippen LogP contribution >= 0.6 is 0 Å². The molecule has 142 valence electrons. The van der Waals surface area contributed by atoms with Gasteiger partial charge in [-0.1, -0.05) is 68.7 Å². The summed E-state index contributed by atoms with van der Waals surface area (Å²) in [5.41, 5.74) is 5.41. The first-order valence-corrected chi connectivity index (χ1v) is 9.29. The van der Waals surface area contributed by atoms with Crippen molar-refractivity contribution in [1.29, 1.82) is 0 Å². The molecule has 0 aliphatic rings. The zero-order valence-electron chi connectivity index (χ0n) is 17.3. The van der Waals surface area contributed by atoms with Gasteiger partial charge < -0.3 is 5.11 Å². The Labute approximate surface area is 166 Å². The molecule has 0 spiro atoms. The molecule has 0 radical (unpaired) electrons. The van der Waals surface area contributed by atoms with Crippen LogP contribution in [0.1, 0.15) is 52.2 Å². The molecule has 0 aromatic heterocycles. The van der Waals surface area contributed by atoms with E-state index in [4.69, 9.17) is 0 Å². The lowest BCUT2D eigenvalue weighted by molar-refractivity contribution is 0.244. The number of terminal acetylenes is 1. The molecule has 0 saturated carbocycles. The SMILES string of the molecule is C#CC.C=C(/C=C\C(C)O)/C(C)=C/C=C(/C#Cc1ccc(CC)cc1)CC. The molecular weight excluding hydrogens is 328 g/mol. The van der Waals surface area contributed by atoms with Gasteiger partial charge in [0.15, 0.2) is 0 Å². The Balaban J connectivity index is 0.00000210. The van der Waals surface area contributed by atoms with Crippen LogP contribution in [0.15, 0.2) is 71.9 Å². The molecule has 1 nitrogen and oxygen atoms in total. The molecule has 1 unspecified atom stereocenters. The Kier molecular flexibility index (Phi) is 13.0. The second kappa shape index (κ2) is 14.4. The number of hydrogen-bond donors (Lipinski definition) is 1. The lowest BCUT2D eigenvalue weighted by Gasteiger charge is -2.00. The Morgan fingerprint density at radius 2 is 1.81 bits per heavy atom. The summed E-state index contributed by atoms with van der Waals surface area (Å²) in [7, 11) is 0. The Bertz CT molecular complexity index is 766. The summed E-state index contributed by atoms with van der Waals surface area (Å²) < 4.78 is 0. The maximum Gasteiger partial charge on any atom is 0.0696 e.